The van der Waals surface area contributed by atoms with Gasteiger partial charge in [-0.15, -0.1) is 11.3 Å². The maximum absolute atomic E-state index is 5.95. The summed E-state index contributed by atoms with van der Waals surface area (Å²) in [6.45, 7) is 11.8. The van der Waals surface area contributed by atoms with Crippen molar-refractivity contribution in [1.82, 2.24) is 15.0 Å². The lowest BCUT2D eigenvalue weighted by molar-refractivity contribution is 0.103. The van der Waals surface area contributed by atoms with Gasteiger partial charge in [-0.3, -0.25) is 0 Å². The fourth-order valence-corrected chi connectivity index (χ4v) is 2.18. The van der Waals surface area contributed by atoms with Crippen molar-refractivity contribution in [2.75, 3.05) is 0 Å². The molecular weight excluding hydrogens is 286 g/mol. The van der Waals surface area contributed by atoms with Crippen LogP contribution >= 0.6 is 11.3 Å². The average Bonchev–Trinajstić information content (AvgIpc) is 2.78. The van der Waals surface area contributed by atoms with Crippen molar-refractivity contribution in [2.24, 2.45) is 0 Å². The van der Waals surface area contributed by atoms with E-state index < -0.39 is 0 Å². The minimum atomic E-state index is -0.362. The summed E-state index contributed by atoms with van der Waals surface area (Å²) in [5.41, 5.74) is 0.0577. The molecule has 0 N–H and O–H groups in total. The highest BCUT2D eigenvalue weighted by molar-refractivity contribution is 7.13. The Labute approximate surface area is 129 Å². The minimum absolute atomic E-state index is 0.307. The van der Waals surface area contributed by atoms with Crippen molar-refractivity contribution in [2.45, 2.75) is 52.7 Å². The molecule has 0 saturated carbocycles. The predicted octanol–water partition coefficient (Wildman–Crippen LogP) is 3.95. The molecule has 0 fully saturated rings. The molecule has 0 aliphatic rings. The minimum Gasteiger partial charge on any atom is -0.471 e. The summed E-state index contributed by atoms with van der Waals surface area (Å²) in [4.78, 5) is 13.0. The monoisotopic (exact) mass is 307 g/mol. The van der Waals surface area contributed by atoms with Crippen molar-refractivity contribution < 1.29 is 9.47 Å². The van der Waals surface area contributed by atoms with Gasteiger partial charge in [0.15, 0.2) is 0 Å². The summed E-state index contributed by atoms with van der Waals surface area (Å²) in [6.07, 6.45) is 3.45. The lowest BCUT2D eigenvalue weighted by atomic mass is 10.2. The highest BCUT2D eigenvalue weighted by atomic mass is 32.1. The SMILES string of the molecule is CC(C)(C)Oc1ncc(-c2nccs2)c(OC(C)(C)C)n1. The Morgan fingerprint density at radius 3 is 2.14 bits per heavy atom. The molecule has 2 aromatic rings. The third kappa shape index (κ3) is 4.67. The quantitative estimate of drug-likeness (QED) is 0.859. The normalized spacial score (nSPS) is 12.3. The van der Waals surface area contributed by atoms with Crippen LogP contribution in [0, 0.1) is 0 Å². The fourth-order valence-electron chi connectivity index (χ4n) is 1.54. The van der Waals surface area contributed by atoms with Crippen LogP contribution in [0.5, 0.6) is 11.9 Å². The van der Waals surface area contributed by atoms with E-state index in [4.69, 9.17) is 9.47 Å². The second-order valence-corrected chi connectivity index (χ2v) is 7.53. The lowest BCUT2D eigenvalue weighted by Crippen LogP contribution is -2.26. The molecule has 21 heavy (non-hydrogen) atoms. The Balaban J connectivity index is 2.41. The number of ether oxygens (including phenoxy) is 2. The van der Waals surface area contributed by atoms with E-state index in [1.54, 1.807) is 12.4 Å². The van der Waals surface area contributed by atoms with Gasteiger partial charge in [0, 0.05) is 17.8 Å². The summed E-state index contributed by atoms with van der Waals surface area (Å²) >= 11 is 1.52. The molecule has 0 aliphatic heterocycles. The topological polar surface area (TPSA) is 57.1 Å². The number of nitrogens with zero attached hydrogens (tertiary/aromatic N) is 3. The second kappa shape index (κ2) is 5.60. The van der Waals surface area contributed by atoms with Gasteiger partial charge in [0.2, 0.25) is 5.88 Å². The Bertz CT molecular complexity index is 598. The van der Waals surface area contributed by atoms with Gasteiger partial charge in [-0.25, -0.2) is 9.97 Å². The molecule has 2 heterocycles. The van der Waals surface area contributed by atoms with Crippen molar-refractivity contribution in [3.05, 3.63) is 17.8 Å². The fraction of sp³-hybridized carbons (Fsp3) is 0.533. The van der Waals surface area contributed by atoms with E-state index in [9.17, 15) is 0 Å². The molecular formula is C15H21N3O2S. The summed E-state index contributed by atoms with van der Waals surface area (Å²) in [5, 5.41) is 2.74. The van der Waals surface area contributed by atoms with Crippen LogP contribution in [-0.4, -0.2) is 26.2 Å². The maximum Gasteiger partial charge on any atom is 0.320 e. The predicted molar refractivity (Wildman–Crippen MR) is 83.9 cm³/mol. The second-order valence-electron chi connectivity index (χ2n) is 6.64. The zero-order valence-electron chi connectivity index (χ0n) is 13.3. The average molecular weight is 307 g/mol. The smallest absolute Gasteiger partial charge is 0.320 e. The van der Waals surface area contributed by atoms with Crippen LogP contribution < -0.4 is 9.47 Å². The zero-order chi connectivity index (χ0) is 15.7. The van der Waals surface area contributed by atoms with Crippen molar-refractivity contribution in [1.29, 1.82) is 0 Å². The third-order valence-corrected chi connectivity index (χ3v) is 3.00. The van der Waals surface area contributed by atoms with Gasteiger partial charge in [-0.2, -0.15) is 4.98 Å². The molecule has 0 amide bonds. The first-order chi connectivity index (χ1) is 9.64. The van der Waals surface area contributed by atoms with Gasteiger partial charge < -0.3 is 9.47 Å². The van der Waals surface area contributed by atoms with Crippen molar-refractivity contribution in [3.63, 3.8) is 0 Å². The largest absolute Gasteiger partial charge is 0.471 e. The first kappa shape index (κ1) is 15.7. The molecule has 0 saturated heterocycles. The van der Waals surface area contributed by atoms with E-state index >= 15 is 0 Å². The number of aromatic nitrogens is 3. The zero-order valence-corrected chi connectivity index (χ0v) is 14.1. The number of hydrogen-bond acceptors (Lipinski definition) is 6. The molecule has 2 rings (SSSR count). The van der Waals surface area contributed by atoms with E-state index in [1.165, 1.54) is 11.3 Å². The van der Waals surface area contributed by atoms with Gasteiger partial charge in [-0.1, -0.05) is 0 Å². The van der Waals surface area contributed by atoms with Gasteiger partial charge in [0.05, 0.1) is 5.56 Å². The standard InChI is InChI=1S/C15H21N3O2S/c1-14(2,3)19-11-10(12-16-7-8-21-12)9-17-13(18-11)20-15(4,5)6/h7-9H,1-6H3. The van der Waals surface area contributed by atoms with Gasteiger partial charge in [-0.05, 0) is 41.5 Å². The Morgan fingerprint density at radius 1 is 0.952 bits per heavy atom. The summed E-state index contributed by atoms with van der Waals surface area (Å²) in [6, 6.07) is 0.307. The van der Waals surface area contributed by atoms with E-state index in [2.05, 4.69) is 15.0 Å². The van der Waals surface area contributed by atoms with Crippen molar-refractivity contribution >= 4 is 11.3 Å². The summed E-state index contributed by atoms with van der Waals surface area (Å²) in [7, 11) is 0. The van der Waals surface area contributed by atoms with Crippen LogP contribution in [0.4, 0.5) is 0 Å². The van der Waals surface area contributed by atoms with Crippen LogP contribution in [0.3, 0.4) is 0 Å². The molecule has 0 spiro atoms. The van der Waals surface area contributed by atoms with Crippen LogP contribution in [0.2, 0.25) is 0 Å². The van der Waals surface area contributed by atoms with Gasteiger partial charge in [0.25, 0.3) is 0 Å². The first-order valence-corrected chi connectivity index (χ1v) is 7.67. The van der Waals surface area contributed by atoms with E-state index in [0.29, 0.717) is 11.9 Å². The summed E-state index contributed by atoms with van der Waals surface area (Å²) < 4.78 is 11.7. The molecule has 5 nitrogen and oxygen atoms in total. The molecule has 114 valence electrons. The molecule has 0 atom stereocenters. The molecule has 0 aromatic carbocycles. The maximum atomic E-state index is 5.95. The van der Waals surface area contributed by atoms with Gasteiger partial charge in [0.1, 0.15) is 16.2 Å². The molecule has 0 unspecified atom stereocenters. The Morgan fingerprint density at radius 2 is 1.62 bits per heavy atom. The third-order valence-electron chi connectivity index (χ3n) is 2.19. The highest BCUT2D eigenvalue weighted by Gasteiger charge is 2.21. The molecule has 0 bridgehead atoms. The lowest BCUT2D eigenvalue weighted by Gasteiger charge is -2.23. The van der Waals surface area contributed by atoms with Gasteiger partial charge >= 0.3 is 6.01 Å². The first-order valence-electron chi connectivity index (χ1n) is 6.79. The van der Waals surface area contributed by atoms with E-state index in [1.807, 2.05) is 46.9 Å². The highest BCUT2D eigenvalue weighted by Crippen LogP contribution is 2.33. The van der Waals surface area contributed by atoms with Crippen LogP contribution in [0.25, 0.3) is 10.6 Å². The van der Waals surface area contributed by atoms with Crippen LogP contribution in [0.15, 0.2) is 17.8 Å². The Kier molecular flexibility index (Phi) is 4.18. The Hall–Kier alpha value is -1.69. The molecule has 6 heteroatoms. The molecule has 0 radical (unpaired) electrons. The number of hydrogen-bond donors (Lipinski definition) is 0. The molecule has 0 aliphatic carbocycles. The van der Waals surface area contributed by atoms with Crippen molar-refractivity contribution in [3.8, 4) is 22.5 Å². The van der Waals surface area contributed by atoms with Crippen LogP contribution in [0.1, 0.15) is 41.5 Å². The number of thiazole rings is 1. The van der Waals surface area contributed by atoms with Crippen LogP contribution in [-0.2, 0) is 0 Å². The number of rotatable bonds is 3. The van der Waals surface area contributed by atoms with E-state index in [0.717, 1.165) is 10.6 Å². The summed E-state index contributed by atoms with van der Waals surface area (Å²) in [5.74, 6) is 0.492. The van der Waals surface area contributed by atoms with E-state index in [-0.39, 0.29) is 11.2 Å². The molecule has 2 aromatic heterocycles.